The lowest BCUT2D eigenvalue weighted by Gasteiger charge is -2.30. The Hall–Kier alpha value is -4.06. The van der Waals surface area contributed by atoms with Crippen molar-refractivity contribution < 1.29 is 22.8 Å². The summed E-state index contributed by atoms with van der Waals surface area (Å²) >= 11 is 6.29. The molecule has 13 heteroatoms. The van der Waals surface area contributed by atoms with E-state index in [9.17, 15) is 22.8 Å². The van der Waals surface area contributed by atoms with Crippen molar-refractivity contribution in [3.63, 3.8) is 0 Å². The van der Waals surface area contributed by atoms with Crippen molar-refractivity contribution in [1.29, 1.82) is 5.41 Å². The van der Waals surface area contributed by atoms with Crippen LogP contribution < -0.4 is 16.4 Å². The Morgan fingerprint density at radius 1 is 1.18 bits per heavy atom. The van der Waals surface area contributed by atoms with E-state index in [1.807, 2.05) is 31.2 Å². The van der Waals surface area contributed by atoms with Gasteiger partial charge in [-0.25, -0.2) is 9.59 Å². The molecule has 44 heavy (non-hydrogen) atoms. The van der Waals surface area contributed by atoms with Crippen LogP contribution in [0.2, 0.25) is 5.02 Å². The number of nitrogens with two attached hydrogens (primary N) is 1. The van der Waals surface area contributed by atoms with Gasteiger partial charge in [0.2, 0.25) is 0 Å². The van der Waals surface area contributed by atoms with Crippen molar-refractivity contribution in [1.82, 2.24) is 20.4 Å². The van der Waals surface area contributed by atoms with Crippen LogP contribution in [0, 0.1) is 5.41 Å². The number of hydrogen-bond acceptors (Lipinski definition) is 5. The molecule has 3 rings (SSSR count). The number of amidine groups is 1. The van der Waals surface area contributed by atoms with Crippen molar-refractivity contribution in [2.24, 2.45) is 10.7 Å². The van der Waals surface area contributed by atoms with Gasteiger partial charge < -0.3 is 21.3 Å². The molecule has 1 fully saturated rings. The number of halogens is 4. The third-order valence-corrected chi connectivity index (χ3v) is 7.91. The van der Waals surface area contributed by atoms with Crippen molar-refractivity contribution in [3.8, 4) is 0 Å². The highest BCUT2D eigenvalue weighted by Gasteiger charge is 2.31. The van der Waals surface area contributed by atoms with Gasteiger partial charge in [0.25, 0.3) is 0 Å². The maximum absolute atomic E-state index is 13.2. The molecule has 0 radical (unpaired) electrons. The summed E-state index contributed by atoms with van der Waals surface area (Å²) in [5, 5.41) is 14.3. The number of nitrogens with one attached hydrogen (secondary N) is 3. The van der Waals surface area contributed by atoms with Gasteiger partial charge in [-0.3, -0.25) is 15.3 Å². The van der Waals surface area contributed by atoms with Crippen LogP contribution in [0.5, 0.6) is 0 Å². The van der Waals surface area contributed by atoms with Gasteiger partial charge in [-0.15, -0.1) is 0 Å². The smallest absolute Gasteiger partial charge is 0.390 e. The Bertz CT molecular complexity index is 1390. The summed E-state index contributed by atoms with van der Waals surface area (Å²) in [6.07, 6.45) is -4.54. The lowest BCUT2D eigenvalue weighted by atomic mass is 9.97. The average Bonchev–Trinajstić information content (AvgIpc) is 3.01. The van der Waals surface area contributed by atoms with E-state index < -0.39 is 25.2 Å². The number of likely N-dealkylation sites (tertiary alicyclic amines) is 1. The number of aliphatic imine (C=N–C) groups is 1. The van der Waals surface area contributed by atoms with E-state index in [2.05, 4.69) is 22.5 Å². The quantitative estimate of drug-likeness (QED) is 0.199. The van der Waals surface area contributed by atoms with E-state index in [1.54, 1.807) is 29.2 Å². The Morgan fingerprint density at radius 2 is 1.86 bits per heavy atom. The number of hydrogen-bond donors (Lipinski definition) is 4. The maximum Gasteiger partial charge on any atom is 0.390 e. The van der Waals surface area contributed by atoms with E-state index in [4.69, 9.17) is 22.7 Å². The zero-order valence-electron chi connectivity index (χ0n) is 25.1. The minimum Gasteiger partial charge on any atom is -0.400 e. The van der Waals surface area contributed by atoms with Gasteiger partial charge in [0.05, 0.1) is 31.8 Å². The van der Waals surface area contributed by atoms with Gasteiger partial charge in [0, 0.05) is 36.4 Å². The van der Waals surface area contributed by atoms with Crippen molar-refractivity contribution in [3.05, 3.63) is 81.5 Å². The lowest BCUT2D eigenvalue weighted by molar-refractivity contribution is -0.135. The molecule has 0 saturated carbocycles. The molecular formula is C31H39ClF3N7O2. The van der Waals surface area contributed by atoms with Gasteiger partial charge in [0.1, 0.15) is 5.84 Å². The van der Waals surface area contributed by atoms with Crippen molar-refractivity contribution in [2.75, 3.05) is 33.2 Å². The molecule has 2 aromatic carbocycles. The average molecular weight is 634 g/mol. The Kier molecular flexibility index (Phi) is 12.2. The first-order valence-electron chi connectivity index (χ1n) is 14.4. The third-order valence-electron chi connectivity index (χ3n) is 7.54. The highest BCUT2D eigenvalue weighted by Crippen LogP contribution is 2.23. The number of nitrogens with zero attached hydrogens (tertiary/aromatic N) is 3. The zero-order chi connectivity index (χ0) is 32.4. The third kappa shape index (κ3) is 9.47. The minimum atomic E-state index is -4.52. The molecule has 9 nitrogen and oxygen atoms in total. The van der Waals surface area contributed by atoms with Crippen LogP contribution in [0.15, 0.2) is 64.8 Å². The Labute approximate surface area is 260 Å². The van der Waals surface area contributed by atoms with E-state index in [0.29, 0.717) is 34.8 Å². The largest absolute Gasteiger partial charge is 0.400 e. The predicted octanol–water partition coefficient (Wildman–Crippen LogP) is 6.04. The minimum absolute atomic E-state index is 0.170. The molecule has 1 aliphatic rings. The monoisotopic (exact) mass is 633 g/mol. The van der Waals surface area contributed by atoms with Crippen LogP contribution in [-0.2, 0) is 6.54 Å². The van der Waals surface area contributed by atoms with Crippen LogP contribution in [0.1, 0.15) is 55.7 Å². The highest BCUT2D eigenvalue weighted by molar-refractivity contribution is 6.31. The molecule has 0 bridgehead atoms. The number of rotatable bonds is 9. The van der Waals surface area contributed by atoms with E-state index in [0.717, 1.165) is 22.4 Å². The molecule has 4 amide bonds. The molecule has 5 N–H and O–H groups in total. The molecular weight excluding hydrogens is 595 g/mol. The summed E-state index contributed by atoms with van der Waals surface area (Å²) in [6.45, 7) is 3.93. The maximum atomic E-state index is 13.2. The van der Waals surface area contributed by atoms with E-state index in [1.165, 1.54) is 7.05 Å². The number of benzene rings is 2. The number of piperidine rings is 1. The topological polar surface area (TPSA) is 127 Å². The predicted molar refractivity (Wildman–Crippen MR) is 167 cm³/mol. The van der Waals surface area contributed by atoms with Gasteiger partial charge in [-0.1, -0.05) is 67.9 Å². The molecule has 1 unspecified atom stereocenters. The van der Waals surface area contributed by atoms with Crippen LogP contribution in [-0.4, -0.2) is 72.8 Å². The molecule has 238 valence electrons. The summed E-state index contributed by atoms with van der Waals surface area (Å²) in [5.41, 5.74) is 9.97. The number of alkyl halides is 3. The van der Waals surface area contributed by atoms with Gasteiger partial charge in [-0.2, -0.15) is 13.2 Å². The number of amides is 4. The highest BCUT2D eigenvalue weighted by atomic mass is 35.5. The van der Waals surface area contributed by atoms with Crippen LogP contribution in [0.4, 0.5) is 22.8 Å². The fourth-order valence-electron chi connectivity index (χ4n) is 4.66. The van der Waals surface area contributed by atoms with Crippen LogP contribution in [0.25, 0.3) is 0 Å². The SMILES string of the molecule is CCC(C)c1ccc(C(=N)N(CCC(F)(F)F)C(=O)NC/C(N)=C2\CCN(C(=O)NC)CC2=NCc2ccccc2Cl)cc1. The Morgan fingerprint density at radius 3 is 2.48 bits per heavy atom. The lowest BCUT2D eigenvalue weighted by Crippen LogP contribution is -2.48. The molecule has 1 saturated heterocycles. The molecule has 1 heterocycles. The molecule has 1 atom stereocenters. The fourth-order valence-corrected chi connectivity index (χ4v) is 4.86. The second kappa shape index (κ2) is 15.6. The van der Waals surface area contributed by atoms with Gasteiger partial charge in [0.15, 0.2) is 0 Å². The number of carbonyl (C=O) groups is 2. The summed E-state index contributed by atoms with van der Waals surface area (Å²) in [4.78, 5) is 32.6. The number of urea groups is 2. The second-order valence-corrected chi connectivity index (χ2v) is 10.9. The van der Waals surface area contributed by atoms with Crippen LogP contribution in [0.3, 0.4) is 0 Å². The first kappa shape index (κ1) is 34.4. The zero-order valence-corrected chi connectivity index (χ0v) is 25.9. The summed E-state index contributed by atoms with van der Waals surface area (Å²) in [6, 6.07) is 13.0. The Balaban J connectivity index is 1.82. The van der Waals surface area contributed by atoms with Crippen molar-refractivity contribution >= 4 is 35.2 Å². The second-order valence-electron chi connectivity index (χ2n) is 10.5. The van der Waals surface area contributed by atoms with Gasteiger partial charge in [-0.05, 0) is 41.5 Å². The standard InChI is InChI=1S/C31H39ClF3N7O2/c1-4-20(2)21-9-11-22(12-10-21)28(37)42(16-14-31(33,34)35)30(44)40-18-26(36)24-13-15-41(29(43)38-3)19-27(24)39-17-23-7-5-6-8-25(23)32/h5-12,20,37H,4,13-19,36H2,1-3H3,(H,38,43)(H,40,44)/b26-24-,37-28?,39-27?. The molecule has 0 aliphatic carbocycles. The van der Waals surface area contributed by atoms with Crippen molar-refractivity contribution in [2.45, 2.75) is 51.7 Å². The summed E-state index contributed by atoms with van der Waals surface area (Å²) in [7, 11) is 1.53. The molecule has 2 aromatic rings. The summed E-state index contributed by atoms with van der Waals surface area (Å²) < 4.78 is 39.5. The normalized spacial score (nSPS) is 16.3. The molecule has 1 aliphatic heterocycles. The van der Waals surface area contributed by atoms with E-state index in [-0.39, 0.29) is 43.1 Å². The van der Waals surface area contributed by atoms with Crippen LogP contribution >= 0.6 is 11.6 Å². The molecule has 0 aromatic heterocycles. The molecule has 0 spiro atoms. The first-order chi connectivity index (χ1) is 20.8. The van der Waals surface area contributed by atoms with Gasteiger partial charge >= 0.3 is 18.2 Å². The summed E-state index contributed by atoms with van der Waals surface area (Å²) in [5.74, 6) is -0.0743. The van der Waals surface area contributed by atoms with E-state index >= 15 is 0 Å². The number of carbonyl (C=O) groups excluding carboxylic acids is 2. The fraction of sp³-hybridized carbons (Fsp3) is 0.419. The first-order valence-corrected chi connectivity index (χ1v) is 14.7.